The molecule has 0 aromatic rings. The molecule has 1 heterocycles. The summed E-state index contributed by atoms with van der Waals surface area (Å²) in [5, 5.41) is 8.27. The third-order valence-corrected chi connectivity index (χ3v) is 2.74. The molecule has 14 heavy (non-hydrogen) atoms. The van der Waals surface area contributed by atoms with Crippen LogP contribution in [0.15, 0.2) is 0 Å². The van der Waals surface area contributed by atoms with Gasteiger partial charge >= 0.3 is 11.9 Å². The minimum Gasteiger partial charge on any atom is -0.473 e. The summed E-state index contributed by atoms with van der Waals surface area (Å²) >= 11 is 0. The van der Waals surface area contributed by atoms with Crippen molar-refractivity contribution in [3.05, 3.63) is 0 Å². The van der Waals surface area contributed by atoms with Gasteiger partial charge < -0.3 is 14.6 Å². The van der Waals surface area contributed by atoms with E-state index in [0.29, 0.717) is 12.2 Å². The molecule has 0 spiro atoms. The van der Waals surface area contributed by atoms with E-state index < -0.39 is 11.9 Å². The van der Waals surface area contributed by atoms with Crippen LogP contribution in [0.25, 0.3) is 0 Å². The number of carboxylic acid groups (broad SMARTS) is 1. The van der Waals surface area contributed by atoms with Crippen LogP contribution in [-0.4, -0.2) is 35.9 Å². The summed E-state index contributed by atoms with van der Waals surface area (Å²) in [6.45, 7) is 0.206. The van der Waals surface area contributed by atoms with E-state index in [4.69, 9.17) is 9.84 Å². The number of ether oxygens (including phenoxy) is 2. The standard InChI is InChI=1S/C9H12O5/c10-8(11)9(12)13-4-5-1-2-6-7(3-5)14-6/h5-7H,1-4H2,(H,10,11). The van der Waals surface area contributed by atoms with Crippen molar-refractivity contribution in [2.45, 2.75) is 31.5 Å². The van der Waals surface area contributed by atoms with Crippen LogP contribution in [0.5, 0.6) is 0 Å². The smallest absolute Gasteiger partial charge is 0.417 e. The largest absolute Gasteiger partial charge is 0.473 e. The van der Waals surface area contributed by atoms with Gasteiger partial charge in [0.1, 0.15) is 0 Å². The molecule has 0 radical (unpaired) electrons. The van der Waals surface area contributed by atoms with Crippen LogP contribution in [0.2, 0.25) is 0 Å². The highest BCUT2D eigenvalue weighted by Crippen LogP contribution is 2.39. The number of rotatable bonds is 2. The number of hydrogen-bond donors (Lipinski definition) is 1. The highest BCUT2D eigenvalue weighted by molar-refractivity contribution is 6.28. The summed E-state index contributed by atoms with van der Waals surface area (Å²) in [4.78, 5) is 20.8. The van der Waals surface area contributed by atoms with Crippen molar-refractivity contribution in [2.75, 3.05) is 6.61 Å². The van der Waals surface area contributed by atoms with E-state index in [0.717, 1.165) is 19.3 Å². The summed E-state index contributed by atoms with van der Waals surface area (Å²) in [6, 6.07) is 0. The van der Waals surface area contributed by atoms with E-state index in [1.165, 1.54) is 0 Å². The Morgan fingerprint density at radius 2 is 2.14 bits per heavy atom. The molecular formula is C9H12O5. The predicted molar refractivity (Wildman–Crippen MR) is 44.6 cm³/mol. The van der Waals surface area contributed by atoms with Gasteiger partial charge in [0.15, 0.2) is 0 Å². The Morgan fingerprint density at radius 1 is 1.36 bits per heavy atom. The molecule has 1 N–H and O–H groups in total. The highest BCUT2D eigenvalue weighted by Gasteiger charge is 2.44. The van der Waals surface area contributed by atoms with Crippen molar-refractivity contribution in [1.82, 2.24) is 0 Å². The first kappa shape index (κ1) is 9.45. The van der Waals surface area contributed by atoms with Gasteiger partial charge in [-0.25, -0.2) is 9.59 Å². The number of esters is 1. The van der Waals surface area contributed by atoms with E-state index in [2.05, 4.69) is 4.74 Å². The second kappa shape index (κ2) is 3.57. The number of carboxylic acids is 1. The Morgan fingerprint density at radius 3 is 2.79 bits per heavy atom. The van der Waals surface area contributed by atoms with E-state index in [9.17, 15) is 9.59 Å². The molecule has 3 atom stereocenters. The molecule has 0 bridgehead atoms. The van der Waals surface area contributed by atoms with Gasteiger partial charge in [-0.15, -0.1) is 0 Å². The maximum atomic E-state index is 10.6. The minimum atomic E-state index is -1.53. The lowest BCUT2D eigenvalue weighted by Crippen LogP contribution is -2.23. The van der Waals surface area contributed by atoms with Gasteiger partial charge in [0, 0.05) is 0 Å². The van der Waals surface area contributed by atoms with Crippen LogP contribution in [0.3, 0.4) is 0 Å². The maximum Gasteiger partial charge on any atom is 0.417 e. The van der Waals surface area contributed by atoms with Crippen molar-refractivity contribution < 1.29 is 24.2 Å². The lowest BCUT2D eigenvalue weighted by molar-refractivity contribution is -0.164. The fourth-order valence-corrected chi connectivity index (χ4v) is 1.89. The van der Waals surface area contributed by atoms with Crippen molar-refractivity contribution in [1.29, 1.82) is 0 Å². The molecule has 78 valence electrons. The molecule has 2 aliphatic rings. The first-order valence-electron chi connectivity index (χ1n) is 4.72. The van der Waals surface area contributed by atoms with Crippen LogP contribution < -0.4 is 0 Å². The molecule has 0 amide bonds. The summed E-state index contributed by atoms with van der Waals surface area (Å²) in [6.07, 6.45) is 3.59. The summed E-state index contributed by atoms with van der Waals surface area (Å²) in [5.74, 6) is -2.42. The third kappa shape index (κ3) is 2.04. The fraction of sp³-hybridized carbons (Fsp3) is 0.778. The molecule has 1 aliphatic carbocycles. The topological polar surface area (TPSA) is 76.1 Å². The van der Waals surface area contributed by atoms with Gasteiger partial charge in [0.2, 0.25) is 0 Å². The Bertz CT molecular complexity index is 262. The number of carbonyl (C=O) groups excluding carboxylic acids is 1. The number of carbonyl (C=O) groups is 2. The lowest BCUT2D eigenvalue weighted by Gasteiger charge is -2.17. The predicted octanol–water partition coefficient (Wildman–Crippen LogP) is 0.182. The molecule has 1 saturated carbocycles. The van der Waals surface area contributed by atoms with Gasteiger partial charge in [-0.05, 0) is 25.2 Å². The van der Waals surface area contributed by atoms with Gasteiger partial charge in [-0.3, -0.25) is 0 Å². The molecule has 1 saturated heterocycles. The summed E-state index contributed by atoms with van der Waals surface area (Å²) < 4.78 is 9.92. The van der Waals surface area contributed by atoms with E-state index in [1.807, 2.05) is 0 Å². The second-order valence-corrected chi connectivity index (χ2v) is 3.80. The molecule has 0 aromatic heterocycles. The summed E-state index contributed by atoms with van der Waals surface area (Å²) in [7, 11) is 0. The van der Waals surface area contributed by atoms with Crippen molar-refractivity contribution in [2.24, 2.45) is 5.92 Å². The fourth-order valence-electron chi connectivity index (χ4n) is 1.89. The molecule has 1 aliphatic heterocycles. The lowest BCUT2D eigenvalue weighted by atomic mass is 9.90. The molecule has 5 heteroatoms. The highest BCUT2D eigenvalue weighted by atomic mass is 16.6. The first-order valence-corrected chi connectivity index (χ1v) is 4.72. The zero-order chi connectivity index (χ0) is 10.1. The first-order chi connectivity index (χ1) is 6.66. The van der Waals surface area contributed by atoms with Gasteiger partial charge in [-0.2, -0.15) is 0 Å². The number of hydrogen-bond acceptors (Lipinski definition) is 4. The van der Waals surface area contributed by atoms with Crippen LogP contribution in [0, 0.1) is 5.92 Å². The Hall–Kier alpha value is -1.10. The average Bonchev–Trinajstić information content (AvgIpc) is 2.91. The number of epoxide rings is 1. The Kier molecular flexibility index (Phi) is 2.41. The Balaban J connectivity index is 1.70. The van der Waals surface area contributed by atoms with E-state index in [-0.39, 0.29) is 12.5 Å². The quantitative estimate of drug-likeness (QED) is 0.391. The molecular weight excluding hydrogens is 188 g/mol. The van der Waals surface area contributed by atoms with Gasteiger partial charge in [-0.1, -0.05) is 0 Å². The van der Waals surface area contributed by atoms with Crippen molar-refractivity contribution in [3.63, 3.8) is 0 Å². The van der Waals surface area contributed by atoms with Crippen molar-refractivity contribution in [3.8, 4) is 0 Å². The van der Waals surface area contributed by atoms with E-state index >= 15 is 0 Å². The van der Waals surface area contributed by atoms with Crippen LogP contribution in [0.1, 0.15) is 19.3 Å². The summed E-state index contributed by atoms with van der Waals surface area (Å²) in [5.41, 5.74) is 0. The van der Waals surface area contributed by atoms with Crippen molar-refractivity contribution >= 4 is 11.9 Å². The maximum absolute atomic E-state index is 10.6. The molecule has 5 nitrogen and oxygen atoms in total. The van der Waals surface area contributed by atoms with Gasteiger partial charge in [0.05, 0.1) is 18.8 Å². The zero-order valence-corrected chi connectivity index (χ0v) is 7.64. The van der Waals surface area contributed by atoms with Crippen LogP contribution >= 0.6 is 0 Å². The molecule has 0 aromatic carbocycles. The molecule has 3 unspecified atom stereocenters. The third-order valence-electron chi connectivity index (χ3n) is 2.74. The van der Waals surface area contributed by atoms with Crippen LogP contribution in [0.4, 0.5) is 0 Å². The Labute approximate surface area is 81.0 Å². The monoisotopic (exact) mass is 200 g/mol. The van der Waals surface area contributed by atoms with Gasteiger partial charge in [0.25, 0.3) is 0 Å². The second-order valence-electron chi connectivity index (χ2n) is 3.80. The zero-order valence-electron chi connectivity index (χ0n) is 7.64. The SMILES string of the molecule is O=C(O)C(=O)OCC1CCC2OC2C1. The van der Waals surface area contributed by atoms with E-state index in [1.54, 1.807) is 0 Å². The number of fused-ring (bicyclic) bond motifs is 1. The minimum absolute atomic E-state index is 0.206. The number of aliphatic carboxylic acids is 1. The molecule has 2 rings (SSSR count). The van der Waals surface area contributed by atoms with Crippen LogP contribution in [-0.2, 0) is 19.1 Å². The molecule has 2 fully saturated rings. The average molecular weight is 200 g/mol. The normalized spacial score (nSPS) is 34.4.